The van der Waals surface area contributed by atoms with Crippen LogP contribution in [0, 0.1) is 50.4 Å². The fourth-order valence-corrected chi connectivity index (χ4v) is 9.03. The molecule has 5 N–H and O–H groups in total. The molecule has 3 aromatic rings. The SMILES string of the molecule is C=Cc1c2[nH]c(c1C)/C=C1\NC(C3=c4[nH]c(c(C)c4=C(O)[C@@H]3C(=O)OC)/C=c3\[nH]/c(c(C)c3CC)=C\2)[C@@H](CCC(=O)OCC[C@@H](C)CCCC(C)C)[C@@H]1C. The van der Waals surface area contributed by atoms with Crippen molar-refractivity contribution >= 4 is 47.6 Å². The number of carbonyl (C=O) groups is 2. The summed E-state index contributed by atoms with van der Waals surface area (Å²) < 4.78 is 11.1. The summed E-state index contributed by atoms with van der Waals surface area (Å²) in [5.74, 6) is -0.626. The highest BCUT2D eigenvalue weighted by molar-refractivity contribution is 5.95. The highest BCUT2D eigenvalue weighted by Crippen LogP contribution is 2.42. The predicted molar refractivity (Wildman–Crippen MR) is 217 cm³/mol. The van der Waals surface area contributed by atoms with Crippen molar-refractivity contribution in [2.75, 3.05) is 13.7 Å². The summed E-state index contributed by atoms with van der Waals surface area (Å²) in [6, 6.07) is -0.378. The van der Waals surface area contributed by atoms with E-state index in [2.05, 4.69) is 93.5 Å². The first-order valence-corrected chi connectivity index (χ1v) is 19.9. The molecule has 6 rings (SSSR count). The number of carbonyl (C=O) groups excluding carboxylic acids is 2. The maximum absolute atomic E-state index is 13.6. The molecular formula is C45H60N4O5. The van der Waals surface area contributed by atoms with Crippen molar-refractivity contribution in [2.45, 2.75) is 106 Å². The van der Waals surface area contributed by atoms with E-state index in [4.69, 9.17) is 9.47 Å². The summed E-state index contributed by atoms with van der Waals surface area (Å²) in [5, 5.41) is 19.0. The van der Waals surface area contributed by atoms with Gasteiger partial charge in [0, 0.05) is 56.6 Å². The molecule has 0 radical (unpaired) electrons. The zero-order valence-corrected chi connectivity index (χ0v) is 33.7. The first-order valence-electron chi connectivity index (χ1n) is 19.9. The first kappa shape index (κ1) is 39.0. The minimum Gasteiger partial charge on any atom is -0.510 e. The van der Waals surface area contributed by atoms with Gasteiger partial charge >= 0.3 is 11.9 Å². The summed E-state index contributed by atoms with van der Waals surface area (Å²) in [6.45, 7) is 21.8. The van der Waals surface area contributed by atoms with Crippen LogP contribution >= 0.6 is 0 Å². The molecule has 3 aromatic heterocycles. The summed E-state index contributed by atoms with van der Waals surface area (Å²) in [7, 11) is 1.36. The fourth-order valence-electron chi connectivity index (χ4n) is 9.03. The standard InChI is InChI=1S/C45H60N4O5/c1-11-29-25(6)32-20-34-27(8)31(16-17-38(50)54-19-18-24(5)15-13-14-23(3)4)42(48-34)40-41(45(52)53-10)44(51)39-28(9)35(49-43(39)40)22-37-30(12-2)26(7)33(47-37)21-36(29)46-32/h11,20-24,27,31,41-42,46-49,51H,1,12-19H2,2-10H3/b33-21-,34-20-,37-22-/t24-,27-,31-,41+,42?/m0/s1. The number of methoxy groups -OCH3 is 1. The molecule has 9 heteroatoms. The molecule has 5 atom stereocenters. The molecular weight excluding hydrogens is 677 g/mol. The van der Waals surface area contributed by atoms with Gasteiger partial charge in [-0.15, -0.1) is 0 Å². The normalized spacial score (nSPS) is 22.9. The van der Waals surface area contributed by atoms with Crippen LogP contribution in [-0.2, 0) is 25.5 Å². The van der Waals surface area contributed by atoms with Crippen molar-refractivity contribution < 1.29 is 24.2 Å². The quantitative estimate of drug-likeness (QED) is 0.140. The molecule has 54 heavy (non-hydrogen) atoms. The van der Waals surface area contributed by atoms with Crippen molar-refractivity contribution in [3.63, 3.8) is 0 Å². The van der Waals surface area contributed by atoms with Gasteiger partial charge in [-0.25, -0.2) is 0 Å². The largest absolute Gasteiger partial charge is 0.510 e. The Morgan fingerprint density at radius 1 is 0.944 bits per heavy atom. The van der Waals surface area contributed by atoms with Crippen molar-refractivity contribution in [2.24, 2.45) is 29.6 Å². The maximum Gasteiger partial charge on any atom is 0.320 e. The van der Waals surface area contributed by atoms with Gasteiger partial charge in [-0.3, -0.25) is 9.59 Å². The summed E-state index contributed by atoms with van der Waals surface area (Å²) in [4.78, 5) is 37.8. The van der Waals surface area contributed by atoms with Gasteiger partial charge in [0.1, 0.15) is 11.7 Å². The van der Waals surface area contributed by atoms with Crippen LogP contribution in [0.15, 0.2) is 12.3 Å². The zero-order chi connectivity index (χ0) is 39.0. The van der Waals surface area contributed by atoms with Gasteiger partial charge in [-0.2, -0.15) is 0 Å². The molecule has 1 fully saturated rings. The molecule has 9 nitrogen and oxygen atoms in total. The molecule has 1 aliphatic carbocycles. The summed E-state index contributed by atoms with van der Waals surface area (Å²) in [6.07, 6.45) is 14.3. The highest BCUT2D eigenvalue weighted by Gasteiger charge is 2.47. The molecule has 8 bridgehead atoms. The lowest BCUT2D eigenvalue weighted by atomic mass is 9.80. The second-order valence-corrected chi connectivity index (χ2v) is 16.3. The number of hydrogen-bond acceptors (Lipinski definition) is 6. The average molecular weight is 737 g/mol. The Balaban J connectivity index is 1.45. The molecule has 290 valence electrons. The van der Waals surface area contributed by atoms with Gasteiger partial charge < -0.3 is 34.8 Å². The number of fused-ring (bicyclic) bond motifs is 8. The van der Waals surface area contributed by atoms with Gasteiger partial charge in [0.25, 0.3) is 0 Å². The van der Waals surface area contributed by atoms with E-state index >= 15 is 0 Å². The number of aliphatic hydroxyl groups is 1. The Bertz CT molecular complexity index is 2230. The third kappa shape index (κ3) is 7.26. The lowest BCUT2D eigenvalue weighted by Gasteiger charge is -2.26. The lowest BCUT2D eigenvalue weighted by molar-refractivity contribution is -0.144. The van der Waals surface area contributed by atoms with Crippen LogP contribution in [-0.4, -0.2) is 51.8 Å². The van der Waals surface area contributed by atoms with E-state index in [9.17, 15) is 14.7 Å². The average Bonchev–Trinajstić information content (AvgIpc) is 3.87. The molecule has 3 aliphatic rings. The van der Waals surface area contributed by atoms with Crippen LogP contribution in [0.4, 0.5) is 0 Å². The zero-order valence-electron chi connectivity index (χ0n) is 33.7. The molecule has 5 heterocycles. The minimum atomic E-state index is -0.982. The Morgan fingerprint density at radius 3 is 2.35 bits per heavy atom. The number of aromatic nitrogens is 3. The van der Waals surface area contributed by atoms with Gasteiger partial charge in [0.2, 0.25) is 0 Å². The van der Waals surface area contributed by atoms with Crippen molar-refractivity contribution in [3.8, 4) is 0 Å². The molecule has 0 amide bonds. The van der Waals surface area contributed by atoms with Crippen LogP contribution in [0.5, 0.6) is 0 Å². The Labute approximate surface area is 319 Å². The third-order valence-corrected chi connectivity index (χ3v) is 12.4. The number of allylic oxidation sites excluding steroid dienone is 1. The number of ether oxygens (including phenoxy) is 2. The highest BCUT2D eigenvalue weighted by atomic mass is 16.5. The van der Waals surface area contributed by atoms with E-state index in [1.54, 1.807) is 0 Å². The number of rotatable bonds is 13. The number of nitrogens with one attached hydrogen (secondary N) is 4. The Hall–Kier alpha value is -4.66. The van der Waals surface area contributed by atoms with Gasteiger partial charge in [0.15, 0.2) is 0 Å². The molecule has 1 saturated heterocycles. The van der Waals surface area contributed by atoms with Crippen LogP contribution in [0.2, 0.25) is 0 Å². The lowest BCUT2D eigenvalue weighted by Crippen LogP contribution is -2.38. The van der Waals surface area contributed by atoms with Crippen molar-refractivity contribution in [1.82, 2.24) is 20.3 Å². The number of H-pyrrole nitrogens is 3. The number of esters is 2. The van der Waals surface area contributed by atoms with Gasteiger partial charge in [-0.05, 0) is 104 Å². The van der Waals surface area contributed by atoms with E-state index in [1.807, 2.05) is 13.0 Å². The summed E-state index contributed by atoms with van der Waals surface area (Å²) in [5.41, 5.74) is 9.84. The Kier molecular flexibility index (Phi) is 11.6. The molecule has 0 aromatic carbocycles. The number of aliphatic hydroxyl groups excluding tert-OH is 1. The monoisotopic (exact) mass is 736 g/mol. The summed E-state index contributed by atoms with van der Waals surface area (Å²) >= 11 is 0. The molecule has 1 unspecified atom stereocenters. The number of aromatic amines is 3. The van der Waals surface area contributed by atoms with Crippen LogP contribution in [0.25, 0.3) is 35.6 Å². The van der Waals surface area contributed by atoms with Crippen LogP contribution in [0.1, 0.15) is 118 Å². The van der Waals surface area contributed by atoms with Crippen molar-refractivity contribution in [3.05, 3.63) is 78.4 Å². The maximum atomic E-state index is 13.6. The van der Waals surface area contributed by atoms with E-state index in [1.165, 1.54) is 31.1 Å². The smallest absolute Gasteiger partial charge is 0.320 e. The predicted octanol–water partition coefficient (Wildman–Crippen LogP) is 5.83. The topological polar surface area (TPSA) is 132 Å². The molecule has 0 spiro atoms. The fraction of sp³-hybridized carbons (Fsp3) is 0.511. The number of hydrogen-bond donors (Lipinski definition) is 5. The van der Waals surface area contributed by atoms with E-state index < -0.39 is 11.9 Å². The van der Waals surface area contributed by atoms with Crippen LogP contribution in [0.3, 0.4) is 0 Å². The second-order valence-electron chi connectivity index (χ2n) is 16.3. The minimum absolute atomic E-state index is 0.0122. The third-order valence-electron chi connectivity index (χ3n) is 12.4. The van der Waals surface area contributed by atoms with Gasteiger partial charge in [0.05, 0.1) is 25.1 Å². The van der Waals surface area contributed by atoms with E-state index in [0.717, 1.165) is 80.4 Å². The second kappa shape index (κ2) is 16.0. The Morgan fingerprint density at radius 2 is 1.67 bits per heavy atom. The molecule has 0 saturated carbocycles. The van der Waals surface area contributed by atoms with E-state index in [-0.39, 0.29) is 36.0 Å². The van der Waals surface area contributed by atoms with Gasteiger partial charge in [-0.1, -0.05) is 66.5 Å². The first-order chi connectivity index (χ1) is 25.8. The molecule has 2 aliphatic heterocycles. The van der Waals surface area contributed by atoms with Crippen molar-refractivity contribution in [1.29, 1.82) is 0 Å². The van der Waals surface area contributed by atoms with E-state index in [0.29, 0.717) is 30.1 Å². The van der Waals surface area contributed by atoms with Crippen LogP contribution < -0.4 is 26.6 Å².